The Morgan fingerprint density at radius 2 is 2.06 bits per heavy atom. The molecule has 3 aliphatic rings. The molecule has 1 aromatic carbocycles. The van der Waals surface area contributed by atoms with Crippen LogP contribution >= 0.6 is 11.6 Å². The number of aryl methyl sites for hydroxylation is 1. The van der Waals surface area contributed by atoms with E-state index in [2.05, 4.69) is 17.2 Å². The molecule has 1 heterocycles. The second-order valence-corrected chi connectivity index (χ2v) is 12.5. The molecule has 5 rings (SSSR count). The Morgan fingerprint density at radius 1 is 1.32 bits per heavy atom. The maximum absolute atomic E-state index is 12.7. The van der Waals surface area contributed by atoms with Crippen LogP contribution in [0.2, 0.25) is 5.02 Å². The Kier molecular flexibility index (Phi) is 5.43. The highest BCUT2D eigenvalue weighted by Crippen LogP contribution is 2.52. The first kappa shape index (κ1) is 23.2. The lowest BCUT2D eigenvalue weighted by Crippen LogP contribution is -2.62. The van der Waals surface area contributed by atoms with E-state index in [-0.39, 0.29) is 27.6 Å². The van der Waals surface area contributed by atoms with Crippen LogP contribution in [0.25, 0.3) is 0 Å². The fourth-order valence-corrected chi connectivity index (χ4v) is 6.64. The van der Waals surface area contributed by atoms with Gasteiger partial charge in [0.15, 0.2) is 10.9 Å². The molecule has 34 heavy (non-hydrogen) atoms. The minimum Gasteiger partial charge on any atom is -0.441 e. The molecule has 3 aliphatic carbocycles. The first-order chi connectivity index (χ1) is 16.0. The number of aliphatic imine (C=N–C) groups is 1. The summed E-state index contributed by atoms with van der Waals surface area (Å²) in [5, 5.41) is 3.43. The number of halogens is 1. The predicted octanol–water partition coefficient (Wildman–Crippen LogP) is 4.59. The van der Waals surface area contributed by atoms with Crippen LogP contribution in [0.3, 0.4) is 0 Å². The average Bonchev–Trinajstić information content (AvgIpc) is 3.36. The molecule has 0 aliphatic heterocycles. The minimum atomic E-state index is -2.98. The standard InChI is InChI=1S/C25H27ClN4O3S/c1-15-3-4-17(26)11-20(15)29-16(2)25(27)13-24(14-25)10-9-18(12-24)30-23(31)21-7-8-22(33-21)34(28,32)19-5-6-19/h3-4,7-8,11,18-19,28H,5-6,12-14,27H2,1-2H3,(H,30,31)/t18-,24?,25?,34?/m0/s1. The van der Waals surface area contributed by atoms with Gasteiger partial charge in [-0.1, -0.05) is 29.5 Å². The SMILES string of the molecule is CC(=Nc1cc(Cl)ccc1C)C1(N)CC2(C#C[C@H](NC(=O)c3ccc(S(=N)(=O)C4CC4)o3)C2)C1. The van der Waals surface area contributed by atoms with E-state index in [1.54, 1.807) is 0 Å². The highest BCUT2D eigenvalue weighted by Gasteiger charge is 2.55. The summed E-state index contributed by atoms with van der Waals surface area (Å²) >= 11 is 6.12. The molecular weight excluding hydrogens is 472 g/mol. The summed E-state index contributed by atoms with van der Waals surface area (Å²) in [6.45, 7) is 3.93. The van der Waals surface area contributed by atoms with Crippen LogP contribution in [0.4, 0.5) is 5.69 Å². The van der Waals surface area contributed by atoms with E-state index in [1.807, 2.05) is 32.0 Å². The average molecular weight is 499 g/mol. The fraction of sp³-hybridized carbons (Fsp3) is 0.440. The molecule has 7 nitrogen and oxygen atoms in total. The van der Waals surface area contributed by atoms with Gasteiger partial charge in [-0.2, -0.15) is 0 Å². The summed E-state index contributed by atoms with van der Waals surface area (Å²) in [4.78, 5) is 17.4. The number of furan rings is 1. The van der Waals surface area contributed by atoms with Crippen LogP contribution < -0.4 is 11.1 Å². The molecule has 9 heteroatoms. The maximum atomic E-state index is 12.7. The third-order valence-corrected chi connectivity index (χ3v) is 9.46. The largest absolute Gasteiger partial charge is 0.441 e. The van der Waals surface area contributed by atoms with Gasteiger partial charge >= 0.3 is 0 Å². The van der Waals surface area contributed by atoms with Crippen molar-refractivity contribution in [3.05, 3.63) is 46.7 Å². The monoisotopic (exact) mass is 498 g/mol. The number of carbonyl (C=O) groups excluding carboxylic acids is 1. The number of hydrogen-bond donors (Lipinski definition) is 3. The molecule has 0 bridgehead atoms. The van der Waals surface area contributed by atoms with Crippen LogP contribution in [-0.2, 0) is 9.73 Å². The van der Waals surface area contributed by atoms with Crippen molar-refractivity contribution in [2.45, 2.75) is 67.9 Å². The van der Waals surface area contributed by atoms with Gasteiger partial charge in [0.2, 0.25) is 0 Å². The summed E-state index contributed by atoms with van der Waals surface area (Å²) in [5.74, 6) is 6.06. The Morgan fingerprint density at radius 3 is 2.76 bits per heavy atom. The predicted molar refractivity (Wildman–Crippen MR) is 132 cm³/mol. The van der Waals surface area contributed by atoms with Crippen LogP contribution in [0.15, 0.2) is 44.8 Å². The van der Waals surface area contributed by atoms with Crippen molar-refractivity contribution in [2.75, 3.05) is 0 Å². The van der Waals surface area contributed by atoms with Gasteiger partial charge in [-0.15, -0.1) is 0 Å². The normalized spacial score (nSPS) is 29.8. The van der Waals surface area contributed by atoms with Gasteiger partial charge in [-0.3, -0.25) is 9.79 Å². The van der Waals surface area contributed by atoms with Crippen molar-refractivity contribution in [1.82, 2.24) is 5.32 Å². The zero-order chi connectivity index (χ0) is 24.3. The van der Waals surface area contributed by atoms with Gasteiger partial charge < -0.3 is 15.5 Å². The highest BCUT2D eigenvalue weighted by molar-refractivity contribution is 7.93. The molecule has 1 aromatic heterocycles. The smallest absolute Gasteiger partial charge is 0.288 e. The summed E-state index contributed by atoms with van der Waals surface area (Å²) < 4.78 is 26.1. The summed E-state index contributed by atoms with van der Waals surface area (Å²) in [6.07, 6.45) is 3.50. The number of carbonyl (C=O) groups is 1. The molecule has 1 spiro atoms. The Bertz CT molecular complexity index is 1370. The molecule has 2 saturated carbocycles. The molecular formula is C25H27ClN4O3S. The van der Waals surface area contributed by atoms with Gasteiger partial charge in [-0.05, 0) is 75.8 Å². The molecule has 4 N–H and O–H groups in total. The Hall–Kier alpha value is -2.60. The summed E-state index contributed by atoms with van der Waals surface area (Å²) in [5.41, 5.74) is 8.56. The zero-order valence-electron chi connectivity index (χ0n) is 19.1. The number of nitrogens with two attached hydrogens (primary N) is 1. The van der Waals surface area contributed by atoms with Crippen molar-refractivity contribution in [2.24, 2.45) is 16.1 Å². The van der Waals surface area contributed by atoms with E-state index in [0.717, 1.165) is 29.8 Å². The van der Waals surface area contributed by atoms with Crippen LogP contribution in [0.1, 0.15) is 55.1 Å². The minimum absolute atomic E-state index is 0.0556. The van der Waals surface area contributed by atoms with Crippen molar-refractivity contribution in [1.29, 1.82) is 4.78 Å². The van der Waals surface area contributed by atoms with E-state index in [1.165, 1.54) is 12.1 Å². The van der Waals surface area contributed by atoms with E-state index in [9.17, 15) is 9.00 Å². The van der Waals surface area contributed by atoms with Crippen molar-refractivity contribution in [3.8, 4) is 11.8 Å². The zero-order valence-corrected chi connectivity index (χ0v) is 20.7. The Labute approximate surface area is 204 Å². The third kappa shape index (κ3) is 4.17. The first-order valence-corrected chi connectivity index (χ1v) is 13.3. The fourth-order valence-electron chi connectivity index (χ4n) is 4.86. The van der Waals surface area contributed by atoms with E-state index >= 15 is 0 Å². The lowest BCUT2D eigenvalue weighted by atomic mass is 9.56. The van der Waals surface area contributed by atoms with E-state index in [4.69, 9.17) is 31.5 Å². The number of nitrogens with one attached hydrogen (secondary N) is 2. The topological polar surface area (TPSA) is 122 Å². The van der Waals surface area contributed by atoms with Crippen molar-refractivity contribution in [3.63, 3.8) is 0 Å². The molecule has 178 valence electrons. The summed E-state index contributed by atoms with van der Waals surface area (Å²) in [7, 11) is -2.98. The van der Waals surface area contributed by atoms with E-state index in [0.29, 0.717) is 24.3 Å². The molecule has 2 aromatic rings. The van der Waals surface area contributed by atoms with Crippen LogP contribution in [0, 0.1) is 29.0 Å². The number of benzene rings is 1. The molecule has 1 amide bonds. The molecule has 0 saturated heterocycles. The number of nitrogens with zero attached hydrogens (tertiary/aromatic N) is 1. The summed E-state index contributed by atoms with van der Waals surface area (Å²) in [6, 6.07) is 8.25. The van der Waals surface area contributed by atoms with Gasteiger partial charge in [0.05, 0.1) is 22.5 Å². The number of hydrogen-bond acceptors (Lipinski definition) is 6. The second-order valence-electron chi connectivity index (χ2n) is 9.84. The second kappa shape index (κ2) is 7.98. The van der Waals surface area contributed by atoms with Gasteiger partial charge in [0.25, 0.3) is 5.91 Å². The van der Waals surface area contributed by atoms with Crippen molar-refractivity contribution < 1.29 is 13.4 Å². The van der Waals surface area contributed by atoms with E-state index < -0.39 is 21.2 Å². The highest BCUT2D eigenvalue weighted by atomic mass is 35.5. The van der Waals surface area contributed by atoms with Crippen LogP contribution in [-0.4, -0.2) is 32.7 Å². The molecule has 2 fully saturated rings. The molecule has 1 unspecified atom stereocenters. The third-order valence-electron chi connectivity index (χ3n) is 7.00. The van der Waals surface area contributed by atoms with Gasteiger partial charge in [-0.25, -0.2) is 8.99 Å². The van der Waals surface area contributed by atoms with Gasteiger partial charge in [0.1, 0.15) is 9.73 Å². The van der Waals surface area contributed by atoms with Crippen molar-refractivity contribution >= 4 is 38.6 Å². The maximum Gasteiger partial charge on any atom is 0.288 e. The van der Waals surface area contributed by atoms with Crippen LogP contribution in [0.5, 0.6) is 0 Å². The number of rotatable bonds is 6. The first-order valence-electron chi connectivity index (χ1n) is 11.3. The lowest BCUT2D eigenvalue weighted by molar-refractivity contribution is 0.0881. The quantitative estimate of drug-likeness (QED) is 0.398. The lowest BCUT2D eigenvalue weighted by Gasteiger charge is -2.51. The Balaban J connectivity index is 1.21. The molecule has 0 radical (unpaired) electrons. The molecule has 2 atom stereocenters. The number of amides is 1. The van der Waals surface area contributed by atoms with Gasteiger partial charge in [0, 0.05) is 16.1 Å².